The van der Waals surface area contributed by atoms with Gasteiger partial charge < -0.3 is 19.4 Å². The molecule has 1 aliphatic heterocycles. The minimum absolute atomic E-state index is 0.122. The molecule has 1 unspecified atom stereocenters. The maximum absolute atomic E-state index is 13.5. The highest BCUT2D eigenvalue weighted by molar-refractivity contribution is 5.85. The van der Waals surface area contributed by atoms with Crippen LogP contribution in [-0.4, -0.2) is 77.1 Å². The number of fused-ring (bicyclic) bond motifs is 1. The van der Waals surface area contributed by atoms with Crippen LogP contribution in [0.3, 0.4) is 0 Å². The molecule has 1 aliphatic rings. The molecule has 0 saturated carbocycles. The van der Waals surface area contributed by atoms with Gasteiger partial charge in [-0.25, -0.2) is 4.68 Å². The summed E-state index contributed by atoms with van der Waals surface area (Å²) in [7, 11) is 3.33. The zero-order valence-corrected chi connectivity index (χ0v) is 21.8. The number of methoxy groups -OCH3 is 2. The van der Waals surface area contributed by atoms with Crippen LogP contribution in [0.5, 0.6) is 5.75 Å². The normalized spacial score (nSPS) is 15.3. The molecule has 0 amide bonds. The van der Waals surface area contributed by atoms with E-state index in [1.165, 1.54) is 0 Å². The minimum Gasteiger partial charge on any atom is -0.497 e. The summed E-state index contributed by atoms with van der Waals surface area (Å²) in [6, 6.07) is 13.9. The van der Waals surface area contributed by atoms with Gasteiger partial charge >= 0.3 is 0 Å². The molecule has 1 N–H and O–H groups in total. The predicted molar refractivity (Wildman–Crippen MR) is 142 cm³/mol. The van der Waals surface area contributed by atoms with Crippen LogP contribution in [0.4, 0.5) is 5.69 Å². The molecule has 5 rings (SSSR count). The highest BCUT2D eigenvalue weighted by Gasteiger charge is 2.33. The molecular formula is C27H33N7O3. The van der Waals surface area contributed by atoms with Crippen molar-refractivity contribution in [2.75, 3.05) is 51.9 Å². The number of nitrogens with zero attached hydrogens (tertiary/aromatic N) is 6. The Hall–Kier alpha value is -3.76. The van der Waals surface area contributed by atoms with Crippen LogP contribution < -0.4 is 15.2 Å². The predicted octanol–water partition coefficient (Wildman–Crippen LogP) is 2.70. The van der Waals surface area contributed by atoms with E-state index in [0.717, 1.165) is 59.6 Å². The maximum Gasteiger partial charge on any atom is 0.253 e. The summed E-state index contributed by atoms with van der Waals surface area (Å²) in [6.07, 6.45) is 0. The average Bonchev–Trinajstić information content (AvgIpc) is 3.39. The van der Waals surface area contributed by atoms with Crippen molar-refractivity contribution in [1.29, 1.82) is 0 Å². The number of aromatic nitrogens is 5. The lowest BCUT2D eigenvalue weighted by Crippen LogP contribution is -2.49. The van der Waals surface area contributed by atoms with Crippen LogP contribution in [-0.2, 0) is 11.3 Å². The van der Waals surface area contributed by atoms with E-state index in [1.807, 2.05) is 31.2 Å². The Bertz CT molecular complexity index is 1440. The second-order valence-electron chi connectivity index (χ2n) is 9.42. The molecule has 0 aliphatic carbocycles. The molecule has 1 fully saturated rings. The van der Waals surface area contributed by atoms with Crippen LogP contribution in [0.25, 0.3) is 10.9 Å². The largest absolute Gasteiger partial charge is 0.497 e. The van der Waals surface area contributed by atoms with E-state index in [2.05, 4.69) is 55.4 Å². The molecule has 2 aromatic heterocycles. The minimum atomic E-state index is -0.396. The molecule has 10 nitrogen and oxygen atoms in total. The number of anilines is 1. The second kappa shape index (κ2) is 10.7. The maximum atomic E-state index is 13.5. The van der Waals surface area contributed by atoms with E-state index in [4.69, 9.17) is 9.47 Å². The molecule has 37 heavy (non-hydrogen) atoms. The second-order valence-corrected chi connectivity index (χ2v) is 9.42. The Labute approximate surface area is 215 Å². The summed E-state index contributed by atoms with van der Waals surface area (Å²) in [4.78, 5) is 21.3. The molecule has 0 bridgehead atoms. The lowest BCUT2D eigenvalue weighted by Gasteiger charge is -2.39. The van der Waals surface area contributed by atoms with Gasteiger partial charge in [-0.05, 0) is 53.6 Å². The third-order valence-electron chi connectivity index (χ3n) is 7.18. The summed E-state index contributed by atoms with van der Waals surface area (Å²) in [5.41, 5.74) is 4.66. The van der Waals surface area contributed by atoms with Crippen molar-refractivity contribution in [3.05, 3.63) is 75.3 Å². The van der Waals surface area contributed by atoms with E-state index in [1.54, 1.807) is 18.9 Å². The Kier molecular flexibility index (Phi) is 7.20. The molecule has 2 aromatic carbocycles. The lowest BCUT2D eigenvalue weighted by molar-refractivity contribution is 0.171. The number of aryl methyl sites for hydroxylation is 2. The number of ether oxygens (including phenoxy) is 2. The third-order valence-corrected chi connectivity index (χ3v) is 7.18. The highest BCUT2D eigenvalue weighted by atomic mass is 16.5. The number of H-pyrrole nitrogens is 1. The first-order valence-electron chi connectivity index (χ1n) is 12.5. The summed E-state index contributed by atoms with van der Waals surface area (Å²) < 4.78 is 12.4. The van der Waals surface area contributed by atoms with Crippen molar-refractivity contribution in [3.8, 4) is 5.75 Å². The lowest BCUT2D eigenvalue weighted by atomic mass is 9.99. The molecule has 0 radical (unpaired) electrons. The molecule has 194 valence electrons. The van der Waals surface area contributed by atoms with E-state index in [0.29, 0.717) is 24.5 Å². The number of rotatable bonds is 8. The molecule has 1 saturated heterocycles. The Balaban J connectivity index is 1.53. The quantitative estimate of drug-likeness (QED) is 0.392. The number of nitrogens with one attached hydrogen (secondary N) is 1. The fourth-order valence-corrected chi connectivity index (χ4v) is 5.08. The first-order valence-corrected chi connectivity index (χ1v) is 12.5. The molecular weight excluding hydrogens is 470 g/mol. The van der Waals surface area contributed by atoms with Crippen LogP contribution in [0.1, 0.15) is 28.6 Å². The first-order chi connectivity index (χ1) is 18.0. The molecule has 1 atom stereocenters. The van der Waals surface area contributed by atoms with E-state index in [-0.39, 0.29) is 5.56 Å². The zero-order valence-electron chi connectivity index (χ0n) is 21.8. The fourth-order valence-electron chi connectivity index (χ4n) is 5.08. The smallest absolute Gasteiger partial charge is 0.253 e. The Morgan fingerprint density at radius 3 is 2.57 bits per heavy atom. The van der Waals surface area contributed by atoms with Gasteiger partial charge in [0.15, 0.2) is 5.82 Å². The van der Waals surface area contributed by atoms with Gasteiger partial charge in [0.05, 0.1) is 25.8 Å². The van der Waals surface area contributed by atoms with Gasteiger partial charge in [-0.2, -0.15) is 0 Å². The topological polar surface area (TPSA) is 101 Å². The van der Waals surface area contributed by atoms with E-state index < -0.39 is 6.04 Å². The monoisotopic (exact) mass is 503 g/mol. The van der Waals surface area contributed by atoms with Crippen LogP contribution in [0.2, 0.25) is 0 Å². The molecule has 4 aromatic rings. The zero-order chi connectivity index (χ0) is 25.9. The van der Waals surface area contributed by atoms with Gasteiger partial charge in [-0.3, -0.25) is 9.69 Å². The fraction of sp³-hybridized carbons (Fsp3) is 0.407. The SMILES string of the molecule is COCCn1nnnc1C(c1cc2c(C)ccc(C)c2[nH]c1=O)N1CCN(c2cccc(OC)c2)CC1. The number of benzene rings is 2. The van der Waals surface area contributed by atoms with Crippen molar-refractivity contribution in [1.82, 2.24) is 30.1 Å². The van der Waals surface area contributed by atoms with Crippen molar-refractivity contribution in [3.63, 3.8) is 0 Å². The van der Waals surface area contributed by atoms with Gasteiger partial charge in [0.2, 0.25) is 0 Å². The van der Waals surface area contributed by atoms with Crippen molar-refractivity contribution < 1.29 is 9.47 Å². The van der Waals surface area contributed by atoms with Gasteiger partial charge in [-0.1, -0.05) is 18.2 Å². The summed E-state index contributed by atoms with van der Waals surface area (Å²) >= 11 is 0. The summed E-state index contributed by atoms with van der Waals surface area (Å²) in [6.45, 7) is 8.13. The number of aromatic amines is 1. The number of hydrogen-bond donors (Lipinski definition) is 1. The van der Waals surface area contributed by atoms with Gasteiger partial charge in [0.1, 0.15) is 11.8 Å². The van der Waals surface area contributed by atoms with Crippen LogP contribution in [0, 0.1) is 13.8 Å². The number of pyridine rings is 1. The standard InChI is InChI=1S/C27H33N7O3/c1-18-8-9-19(2)24-22(18)17-23(27(35)28-24)25(26-29-30-31-34(26)14-15-36-3)33-12-10-32(11-13-33)20-6-5-7-21(16-20)37-4/h5-9,16-17,25H,10-15H2,1-4H3,(H,28,35). The Morgan fingerprint density at radius 2 is 1.81 bits per heavy atom. The number of hydrogen-bond acceptors (Lipinski definition) is 8. The van der Waals surface area contributed by atoms with Gasteiger partial charge in [0.25, 0.3) is 5.56 Å². The average molecular weight is 504 g/mol. The van der Waals surface area contributed by atoms with Crippen LogP contribution >= 0.6 is 0 Å². The number of piperazine rings is 1. The van der Waals surface area contributed by atoms with Crippen molar-refractivity contribution in [2.24, 2.45) is 0 Å². The van der Waals surface area contributed by atoms with E-state index >= 15 is 0 Å². The summed E-state index contributed by atoms with van der Waals surface area (Å²) in [5.74, 6) is 1.48. The molecule has 0 spiro atoms. The van der Waals surface area contributed by atoms with Crippen molar-refractivity contribution in [2.45, 2.75) is 26.4 Å². The highest BCUT2D eigenvalue weighted by Crippen LogP contribution is 2.30. The van der Waals surface area contributed by atoms with Crippen molar-refractivity contribution >= 4 is 16.6 Å². The van der Waals surface area contributed by atoms with Crippen LogP contribution in [0.15, 0.2) is 47.3 Å². The summed E-state index contributed by atoms with van der Waals surface area (Å²) in [5, 5.41) is 13.6. The van der Waals surface area contributed by atoms with Gasteiger partial charge in [0, 0.05) is 56.0 Å². The third kappa shape index (κ3) is 4.94. The first kappa shape index (κ1) is 24.9. The molecule has 10 heteroatoms. The van der Waals surface area contributed by atoms with E-state index in [9.17, 15) is 4.79 Å². The van der Waals surface area contributed by atoms with Gasteiger partial charge in [-0.15, -0.1) is 5.10 Å². The number of tetrazole rings is 1. The Morgan fingerprint density at radius 1 is 1.03 bits per heavy atom. The molecule has 3 heterocycles.